The molecule has 0 saturated heterocycles. The highest BCUT2D eigenvalue weighted by molar-refractivity contribution is 7.13. The number of benzene rings is 1. The summed E-state index contributed by atoms with van der Waals surface area (Å²) in [6, 6.07) is 6.21. The summed E-state index contributed by atoms with van der Waals surface area (Å²) in [5, 5.41) is 6.13. The van der Waals surface area contributed by atoms with Crippen molar-refractivity contribution in [3.8, 4) is 5.75 Å². The van der Waals surface area contributed by atoms with Crippen LogP contribution in [0.1, 0.15) is 26.3 Å². The van der Waals surface area contributed by atoms with Crippen molar-refractivity contribution in [1.82, 2.24) is 4.98 Å². The smallest absolute Gasteiger partial charge is 0.187 e. The molecule has 4 heteroatoms. The fourth-order valence-electron chi connectivity index (χ4n) is 1.77. The molecule has 0 bridgehead atoms. The van der Waals surface area contributed by atoms with Crippen molar-refractivity contribution in [2.45, 2.75) is 27.2 Å². The molecule has 0 spiro atoms. The number of hydrogen-bond acceptors (Lipinski definition) is 4. The Balaban J connectivity index is 2.13. The first-order valence-electron chi connectivity index (χ1n) is 6.74. The summed E-state index contributed by atoms with van der Waals surface area (Å²) >= 11 is 1.58. The molecule has 106 valence electrons. The average molecular weight is 288 g/mol. The Bertz CT molecular complexity index is 572. The predicted octanol–water partition coefficient (Wildman–Crippen LogP) is 4.79. The van der Waals surface area contributed by atoms with Crippen LogP contribution in [0.25, 0.3) is 0 Å². The third-order valence-electron chi connectivity index (χ3n) is 2.86. The van der Waals surface area contributed by atoms with Crippen LogP contribution in [0.5, 0.6) is 5.75 Å². The molecule has 2 rings (SSSR count). The molecule has 1 aromatic carbocycles. The van der Waals surface area contributed by atoms with E-state index in [1.54, 1.807) is 17.5 Å². The number of ether oxygens (including phenoxy) is 1. The number of thiazole rings is 1. The molecular formula is C16H20N2OS. The number of nitrogens with one attached hydrogen (secondary N) is 1. The van der Waals surface area contributed by atoms with Crippen molar-refractivity contribution in [3.63, 3.8) is 0 Å². The topological polar surface area (TPSA) is 34.2 Å². The van der Waals surface area contributed by atoms with Gasteiger partial charge in [-0.25, -0.2) is 4.98 Å². The van der Waals surface area contributed by atoms with Crippen molar-refractivity contribution < 1.29 is 4.74 Å². The zero-order valence-corrected chi connectivity index (χ0v) is 13.0. The summed E-state index contributed by atoms with van der Waals surface area (Å²) in [6.45, 7) is 6.89. The lowest BCUT2D eigenvalue weighted by molar-refractivity contribution is 0.358. The van der Waals surface area contributed by atoms with Crippen LogP contribution in [-0.2, 0) is 6.42 Å². The maximum absolute atomic E-state index is 5.87. The second-order valence-corrected chi connectivity index (χ2v) is 5.63. The molecule has 0 aliphatic rings. The average Bonchev–Trinajstić information content (AvgIpc) is 2.91. The number of rotatable bonds is 6. The number of aromatic nitrogens is 1. The summed E-state index contributed by atoms with van der Waals surface area (Å²) in [5.41, 5.74) is 3.49. The van der Waals surface area contributed by atoms with E-state index in [1.165, 1.54) is 11.1 Å². The zero-order chi connectivity index (χ0) is 14.4. The summed E-state index contributed by atoms with van der Waals surface area (Å²) in [5.74, 6) is 0.937. The SMILES string of the molecule is CCc1ccc(Nc2nccs2)cc1OCC=C(C)C. The van der Waals surface area contributed by atoms with E-state index >= 15 is 0 Å². The Morgan fingerprint density at radius 1 is 1.40 bits per heavy atom. The van der Waals surface area contributed by atoms with Crippen LogP contribution in [0, 0.1) is 0 Å². The van der Waals surface area contributed by atoms with Gasteiger partial charge in [-0.1, -0.05) is 18.6 Å². The molecule has 0 saturated carbocycles. The number of hydrogen-bond donors (Lipinski definition) is 1. The molecule has 0 amide bonds. The first-order chi connectivity index (χ1) is 9.69. The van der Waals surface area contributed by atoms with Crippen LogP contribution in [0.15, 0.2) is 41.4 Å². The third-order valence-corrected chi connectivity index (χ3v) is 3.55. The largest absolute Gasteiger partial charge is 0.489 e. The van der Waals surface area contributed by atoms with E-state index < -0.39 is 0 Å². The molecule has 0 radical (unpaired) electrons. The van der Waals surface area contributed by atoms with Crippen molar-refractivity contribution in [2.75, 3.05) is 11.9 Å². The van der Waals surface area contributed by atoms with Gasteiger partial charge in [0.15, 0.2) is 5.13 Å². The van der Waals surface area contributed by atoms with Crippen molar-refractivity contribution in [3.05, 3.63) is 47.0 Å². The number of anilines is 2. The lowest BCUT2D eigenvalue weighted by Gasteiger charge is -2.11. The zero-order valence-electron chi connectivity index (χ0n) is 12.1. The molecular weight excluding hydrogens is 268 g/mol. The van der Waals surface area contributed by atoms with Crippen LogP contribution in [0.2, 0.25) is 0 Å². The minimum absolute atomic E-state index is 0.607. The van der Waals surface area contributed by atoms with E-state index in [-0.39, 0.29) is 0 Å². The van der Waals surface area contributed by atoms with E-state index in [2.05, 4.69) is 49.3 Å². The van der Waals surface area contributed by atoms with Gasteiger partial charge in [-0.05, 0) is 38.0 Å². The Labute approximate surface area is 124 Å². The van der Waals surface area contributed by atoms with Crippen LogP contribution in [-0.4, -0.2) is 11.6 Å². The van der Waals surface area contributed by atoms with E-state index in [9.17, 15) is 0 Å². The van der Waals surface area contributed by atoms with Gasteiger partial charge in [0.25, 0.3) is 0 Å². The molecule has 0 fully saturated rings. The standard InChI is InChI=1S/C16H20N2OS/c1-4-13-5-6-14(18-16-17-8-10-20-16)11-15(13)19-9-7-12(2)3/h5-8,10-11H,4,9H2,1-3H3,(H,17,18). The summed E-state index contributed by atoms with van der Waals surface area (Å²) < 4.78 is 5.87. The Kier molecular flexibility index (Phi) is 5.18. The highest BCUT2D eigenvalue weighted by atomic mass is 32.1. The number of aryl methyl sites for hydroxylation is 1. The molecule has 1 heterocycles. The van der Waals surface area contributed by atoms with Gasteiger partial charge < -0.3 is 10.1 Å². The summed E-state index contributed by atoms with van der Waals surface area (Å²) in [7, 11) is 0. The maximum Gasteiger partial charge on any atom is 0.187 e. The van der Waals surface area contributed by atoms with Crippen molar-refractivity contribution in [1.29, 1.82) is 0 Å². The Morgan fingerprint density at radius 2 is 2.25 bits per heavy atom. The molecule has 3 nitrogen and oxygen atoms in total. The van der Waals surface area contributed by atoms with E-state index in [0.29, 0.717) is 6.61 Å². The van der Waals surface area contributed by atoms with E-state index in [0.717, 1.165) is 23.0 Å². The van der Waals surface area contributed by atoms with Gasteiger partial charge in [0.2, 0.25) is 0 Å². The maximum atomic E-state index is 5.87. The van der Waals surface area contributed by atoms with Crippen LogP contribution < -0.4 is 10.1 Å². The van der Waals surface area contributed by atoms with Gasteiger partial charge in [-0.2, -0.15) is 0 Å². The van der Waals surface area contributed by atoms with Gasteiger partial charge in [-0.15, -0.1) is 11.3 Å². The number of nitrogens with zero attached hydrogens (tertiary/aromatic N) is 1. The summed E-state index contributed by atoms with van der Waals surface area (Å²) in [6.07, 6.45) is 4.84. The molecule has 1 aromatic heterocycles. The quantitative estimate of drug-likeness (QED) is 0.776. The number of allylic oxidation sites excluding steroid dienone is 1. The highest BCUT2D eigenvalue weighted by Crippen LogP contribution is 2.27. The third kappa shape index (κ3) is 4.10. The fraction of sp³-hybridized carbons (Fsp3) is 0.312. The lowest BCUT2D eigenvalue weighted by atomic mass is 10.1. The highest BCUT2D eigenvalue weighted by Gasteiger charge is 2.05. The Hall–Kier alpha value is -1.81. The molecule has 0 aliphatic heterocycles. The van der Waals surface area contributed by atoms with E-state index in [1.807, 2.05) is 11.4 Å². The van der Waals surface area contributed by atoms with Gasteiger partial charge in [0.1, 0.15) is 12.4 Å². The van der Waals surface area contributed by atoms with Gasteiger partial charge >= 0.3 is 0 Å². The molecule has 20 heavy (non-hydrogen) atoms. The predicted molar refractivity (Wildman–Crippen MR) is 86.1 cm³/mol. The van der Waals surface area contributed by atoms with Gasteiger partial charge in [-0.3, -0.25) is 0 Å². The lowest BCUT2D eigenvalue weighted by Crippen LogP contribution is -1.99. The summed E-state index contributed by atoms with van der Waals surface area (Å²) in [4.78, 5) is 4.23. The van der Waals surface area contributed by atoms with Crippen LogP contribution in [0.3, 0.4) is 0 Å². The first-order valence-corrected chi connectivity index (χ1v) is 7.62. The minimum atomic E-state index is 0.607. The van der Waals surface area contributed by atoms with Gasteiger partial charge in [0.05, 0.1) is 0 Å². The van der Waals surface area contributed by atoms with Crippen molar-refractivity contribution in [2.24, 2.45) is 0 Å². The van der Waals surface area contributed by atoms with Crippen molar-refractivity contribution >= 4 is 22.2 Å². The van der Waals surface area contributed by atoms with Crippen LogP contribution in [0.4, 0.5) is 10.8 Å². The normalized spacial score (nSPS) is 10.2. The molecule has 2 aromatic rings. The second-order valence-electron chi connectivity index (χ2n) is 4.73. The monoisotopic (exact) mass is 288 g/mol. The molecule has 0 aliphatic carbocycles. The second kappa shape index (κ2) is 7.10. The Morgan fingerprint density at radius 3 is 2.90 bits per heavy atom. The minimum Gasteiger partial charge on any atom is -0.489 e. The van der Waals surface area contributed by atoms with Crippen LogP contribution >= 0.6 is 11.3 Å². The van der Waals surface area contributed by atoms with Gasteiger partial charge in [0, 0.05) is 23.3 Å². The molecule has 1 N–H and O–H groups in total. The molecule has 0 atom stereocenters. The van der Waals surface area contributed by atoms with E-state index in [4.69, 9.17) is 4.74 Å². The molecule has 0 unspecified atom stereocenters. The first kappa shape index (κ1) is 14.6. The fourth-order valence-corrected chi connectivity index (χ4v) is 2.31.